The maximum Gasteiger partial charge on any atom is 0.411 e. The molecule has 1 aliphatic heterocycles. The van der Waals surface area contributed by atoms with Crippen LogP contribution in [0.2, 0.25) is 0 Å². The molecule has 0 aromatic carbocycles. The molecule has 1 saturated heterocycles. The average Bonchev–Trinajstić information content (AvgIpc) is 2.93. The summed E-state index contributed by atoms with van der Waals surface area (Å²) in [6.45, 7) is 0.0597. The fraction of sp³-hybridized carbons (Fsp3) is 0.692. The number of carbonyl (C=O) groups excluding carboxylic acids is 1. The Morgan fingerprint density at radius 2 is 2.17 bits per heavy atom. The molecule has 1 aromatic heterocycles. The number of aryl methyl sites for hydroxylation is 1. The molecule has 0 unspecified atom stereocenters. The predicted molar refractivity (Wildman–Crippen MR) is 77.9 cm³/mol. The number of alkyl halides is 3. The van der Waals surface area contributed by atoms with E-state index in [1.165, 1.54) is 11.1 Å². The molecule has 1 fully saturated rings. The molecule has 7 nitrogen and oxygen atoms in total. The number of aromatic nitrogens is 2. The molecule has 11 heteroatoms. The van der Waals surface area contributed by atoms with E-state index < -0.39 is 41.2 Å². The Bertz CT molecular complexity index is 687. The highest BCUT2D eigenvalue weighted by atomic mass is 32.2. The van der Waals surface area contributed by atoms with E-state index in [9.17, 15) is 26.4 Å². The predicted octanol–water partition coefficient (Wildman–Crippen LogP) is 0.780. The van der Waals surface area contributed by atoms with Gasteiger partial charge in [-0.25, -0.2) is 8.42 Å². The van der Waals surface area contributed by atoms with Crippen LogP contribution in [0.4, 0.5) is 13.2 Å². The largest absolute Gasteiger partial charge is 0.411 e. The topological polar surface area (TPSA) is 81.5 Å². The van der Waals surface area contributed by atoms with Gasteiger partial charge < -0.3 is 9.64 Å². The lowest BCUT2D eigenvalue weighted by atomic mass is 10.1. The fourth-order valence-electron chi connectivity index (χ4n) is 2.44. The van der Waals surface area contributed by atoms with Crippen molar-refractivity contribution in [3.05, 3.63) is 18.0 Å². The van der Waals surface area contributed by atoms with Gasteiger partial charge in [0, 0.05) is 24.8 Å². The molecular formula is C13H18F3N3O4S. The van der Waals surface area contributed by atoms with Gasteiger partial charge in [-0.3, -0.25) is 9.48 Å². The van der Waals surface area contributed by atoms with Gasteiger partial charge in [0.1, 0.15) is 13.2 Å². The third kappa shape index (κ3) is 4.94. The molecule has 24 heavy (non-hydrogen) atoms. The minimum atomic E-state index is -4.52. The summed E-state index contributed by atoms with van der Waals surface area (Å²) in [7, 11) is -3.34. The monoisotopic (exact) mass is 369 g/mol. The van der Waals surface area contributed by atoms with Gasteiger partial charge >= 0.3 is 6.18 Å². The smallest absolute Gasteiger partial charge is 0.362 e. The summed E-state index contributed by atoms with van der Waals surface area (Å²) < 4.78 is 66.0. The lowest BCUT2D eigenvalue weighted by molar-refractivity contribution is -0.178. The molecule has 0 radical (unpaired) electrons. The molecule has 136 valence electrons. The maximum absolute atomic E-state index is 12.2. The van der Waals surface area contributed by atoms with Crippen molar-refractivity contribution in [3.63, 3.8) is 0 Å². The second-order valence-electron chi connectivity index (χ2n) is 5.45. The highest BCUT2D eigenvalue weighted by molar-refractivity contribution is 7.91. The number of carbonyl (C=O) groups is 1. The van der Waals surface area contributed by atoms with E-state index >= 15 is 0 Å². The number of hydrogen-bond acceptors (Lipinski definition) is 5. The highest BCUT2D eigenvalue weighted by Crippen LogP contribution is 2.27. The van der Waals surface area contributed by atoms with Crippen molar-refractivity contribution in [3.8, 4) is 0 Å². The van der Waals surface area contributed by atoms with Crippen LogP contribution in [0, 0.1) is 0 Å². The van der Waals surface area contributed by atoms with E-state index in [1.807, 2.05) is 6.92 Å². The lowest BCUT2D eigenvalue weighted by Crippen LogP contribution is -2.47. The molecule has 2 heterocycles. The number of halogens is 3. The first-order valence-electron chi connectivity index (χ1n) is 7.28. The van der Waals surface area contributed by atoms with Gasteiger partial charge in [0.2, 0.25) is 5.91 Å². The number of ether oxygens (including phenoxy) is 1. The SMILES string of the molecule is CCn1cc([C@@H]2CS(=O)(=O)CCN2C(=O)COCC(F)(F)F)cn1. The van der Waals surface area contributed by atoms with Crippen LogP contribution in [0.5, 0.6) is 0 Å². The van der Waals surface area contributed by atoms with Crippen molar-refractivity contribution in [2.24, 2.45) is 0 Å². The number of sulfone groups is 1. The standard InChI is InChI=1S/C13H18F3N3O4S/c1-2-18-6-10(5-17-18)11-8-24(21,22)4-3-19(11)12(20)7-23-9-13(14,15)16/h5-6,11H,2-4,7-9H2,1H3/t11-/m0/s1. The van der Waals surface area contributed by atoms with Crippen LogP contribution in [-0.2, 0) is 25.9 Å². The van der Waals surface area contributed by atoms with E-state index in [1.54, 1.807) is 10.9 Å². The molecule has 0 bridgehead atoms. The highest BCUT2D eigenvalue weighted by Gasteiger charge is 2.36. The first kappa shape index (κ1) is 18.7. The van der Waals surface area contributed by atoms with Crippen molar-refractivity contribution in [2.75, 3.05) is 31.3 Å². The van der Waals surface area contributed by atoms with Crippen molar-refractivity contribution >= 4 is 15.7 Å². The third-order valence-corrected chi connectivity index (χ3v) is 5.23. The molecule has 0 aliphatic carbocycles. The summed E-state index contributed by atoms with van der Waals surface area (Å²) in [6, 6.07) is -0.772. The van der Waals surface area contributed by atoms with Gasteiger partial charge in [-0.1, -0.05) is 0 Å². The summed E-state index contributed by atoms with van der Waals surface area (Å²) in [4.78, 5) is 13.4. The summed E-state index contributed by atoms with van der Waals surface area (Å²) >= 11 is 0. The van der Waals surface area contributed by atoms with E-state index in [0.717, 1.165) is 0 Å². The molecule has 1 aliphatic rings. The zero-order chi connectivity index (χ0) is 18.0. The summed E-state index contributed by atoms with van der Waals surface area (Å²) in [5, 5.41) is 4.05. The van der Waals surface area contributed by atoms with Crippen LogP contribution in [-0.4, -0.2) is 66.4 Å². The maximum atomic E-state index is 12.2. The Kier molecular flexibility index (Phi) is 5.53. The first-order chi connectivity index (χ1) is 11.1. The number of hydrogen-bond donors (Lipinski definition) is 0. The number of nitrogens with zero attached hydrogens (tertiary/aromatic N) is 3. The Hall–Kier alpha value is -1.62. The Morgan fingerprint density at radius 1 is 1.46 bits per heavy atom. The van der Waals surface area contributed by atoms with Crippen LogP contribution in [0.25, 0.3) is 0 Å². The summed E-state index contributed by atoms with van der Waals surface area (Å²) in [5.74, 6) is -1.19. The van der Waals surface area contributed by atoms with E-state index in [4.69, 9.17) is 0 Å². The van der Waals surface area contributed by atoms with Crippen LogP contribution < -0.4 is 0 Å². The Labute approximate surface area is 137 Å². The molecular weight excluding hydrogens is 351 g/mol. The van der Waals surface area contributed by atoms with Gasteiger partial charge in [-0.05, 0) is 6.92 Å². The molecule has 1 atom stereocenters. The van der Waals surface area contributed by atoms with Gasteiger partial charge in [-0.2, -0.15) is 18.3 Å². The lowest BCUT2D eigenvalue weighted by Gasteiger charge is -2.35. The van der Waals surface area contributed by atoms with Crippen molar-refractivity contribution in [1.82, 2.24) is 14.7 Å². The van der Waals surface area contributed by atoms with Crippen LogP contribution in [0.15, 0.2) is 12.4 Å². The fourth-order valence-corrected chi connectivity index (χ4v) is 3.94. The van der Waals surface area contributed by atoms with Gasteiger partial charge in [0.15, 0.2) is 9.84 Å². The number of amides is 1. The zero-order valence-electron chi connectivity index (χ0n) is 13.0. The Balaban J connectivity index is 2.11. The van der Waals surface area contributed by atoms with Crippen molar-refractivity contribution < 1.29 is 31.1 Å². The van der Waals surface area contributed by atoms with E-state index in [-0.39, 0.29) is 18.1 Å². The van der Waals surface area contributed by atoms with Crippen LogP contribution in [0.3, 0.4) is 0 Å². The van der Waals surface area contributed by atoms with Gasteiger partial charge in [0.05, 0.1) is 23.7 Å². The van der Waals surface area contributed by atoms with Crippen molar-refractivity contribution in [2.45, 2.75) is 25.7 Å². The van der Waals surface area contributed by atoms with Gasteiger partial charge in [0.25, 0.3) is 0 Å². The molecule has 2 rings (SSSR count). The van der Waals surface area contributed by atoms with Crippen LogP contribution >= 0.6 is 0 Å². The minimum absolute atomic E-state index is 0.0848. The number of rotatable bonds is 5. The van der Waals surface area contributed by atoms with Crippen LogP contribution in [0.1, 0.15) is 18.5 Å². The minimum Gasteiger partial charge on any atom is -0.362 e. The third-order valence-electron chi connectivity index (χ3n) is 3.60. The van der Waals surface area contributed by atoms with E-state index in [0.29, 0.717) is 12.1 Å². The zero-order valence-corrected chi connectivity index (χ0v) is 13.8. The molecule has 0 spiro atoms. The molecule has 1 amide bonds. The second-order valence-corrected chi connectivity index (χ2v) is 7.68. The second kappa shape index (κ2) is 7.09. The van der Waals surface area contributed by atoms with Crippen molar-refractivity contribution in [1.29, 1.82) is 0 Å². The van der Waals surface area contributed by atoms with E-state index in [2.05, 4.69) is 9.84 Å². The molecule has 1 aromatic rings. The average molecular weight is 369 g/mol. The molecule has 0 saturated carbocycles. The van der Waals surface area contributed by atoms with Gasteiger partial charge in [-0.15, -0.1) is 0 Å². The summed E-state index contributed by atoms with van der Waals surface area (Å²) in [5.41, 5.74) is 0.532. The quantitative estimate of drug-likeness (QED) is 0.766. The first-order valence-corrected chi connectivity index (χ1v) is 9.10. The summed E-state index contributed by atoms with van der Waals surface area (Å²) in [6.07, 6.45) is -1.43. The Morgan fingerprint density at radius 3 is 2.75 bits per heavy atom. The normalized spacial score (nSPS) is 21.0. The molecule has 0 N–H and O–H groups in total.